The van der Waals surface area contributed by atoms with Crippen LogP contribution in [0.3, 0.4) is 0 Å². The topological polar surface area (TPSA) is 49.4 Å². The Kier molecular flexibility index (Phi) is 5.75. The van der Waals surface area contributed by atoms with Crippen LogP contribution in [0.1, 0.15) is 47.8 Å². The third kappa shape index (κ3) is 4.13. The standard InChI is InChI=1S/C28H23FN2O2S/c1-17-7-8-21(29)15-24(17)27(32)30-22-9-10-23(18(2)13-22)28(33)31-16-20-11-12-34-26(20)14-19-5-3-4-6-25(19)31/h3-13,15H,14,16H2,1-2H3,(H,30,32). The maximum absolute atomic E-state index is 13.7. The molecule has 1 aliphatic rings. The van der Waals surface area contributed by atoms with Crippen LogP contribution < -0.4 is 10.2 Å². The van der Waals surface area contributed by atoms with E-state index in [4.69, 9.17) is 0 Å². The lowest BCUT2D eigenvalue weighted by atomic mass is 10.0. The summed E-state index contributed by atoms with van der Waals surface area (Å²) in [5.74, 6) is -0.927. The van der Waals surface area contributed by atoms with E-state index in [1.54, 1.807) is 42.5 Å². The number of nitrogens with one attached hydrogen (secondary N) is 1. The van der Waals surface area contributed by atoms with Crippen molar-refractivity contribution >= 4 is 34.5 Å². The van der Waals surface area contributed by atoms with Crippen molar-refractivity contribution in [3.05, 3.63) is 116 Å². The Hall–Kier alpha value is -3.77. The molecule has 4 nitrogen and oxygen atoms in total. The van der Waals surface area contributed by atoms with Gasteiger partial charge in [-0.3, -0.25) is 9.59 Å². The summed E-state index contributed by atoms with van der Waals surface area (Å²) in [5.41, 5.74) is 6.08. The van der Waals surface area contributed by atoms with Gasteiger partial charge in [0.1, 0.15) is 5.82 Å². The number of hydrogen-bond donors (Lipinski definition) is 1. The van der Waals surface area contributed by atoms with Crippen LogP contribution in [0.25, 0.3) is 0 Å². The molecule has 6 heteroatoms. The van der Waals surface area contributed by atoms with Crippen LogP contribution in [0.2, 0.25) is 0 Å². The molecule has 1 N–H and O–H groups in total. The van der Waals surface area contributed by atoms with Gasteiger partial charge in [-0.2, -0.15) is 0 Å². The highest BCUT2D eigenvalue weighted by molar-refractivity contribution is 7.10. The molecule has 0 saturated carbocycles. The van der Waals surface area contributed by atoms with E-state index in [0.29, 0.717) is 23.4 Å². The van der Waals surface area contributed by atoms with E-state index in [1.807, 2.05) is 30.0 Å². The van der Waals surface area contributed by atoms with Gasteiger partial charge in [0.2, 0.25) is 0 Å². The molecule has 0 aliphatic carbocycles. The number of halogens is 1. The molecule has 34 heavy (non-hydrogen) atoms. The predicted molar refractivity (Wildman–Crippen MR) is 134 cm³/mol. The fourth-order valence-corrected chi connectivity index (χ4v) is 5.28. The molecule has 0 radical (unpaired) electrons. The normalized spacial score (nSPS) is 12.5. The molecule has 0 saturated heterocycles. The number of anilines is 2. The Morgan fingerprint density at radius 2 is 1.74 bits per heavy atom. The fourth-order valence-electron chi connectivity index (χ4n) is 4.36. The monoisotopic (exact) mass is 470 g/mol. The summed E-state index contributed by atoms with van der Waals surface area (Å²) >= 11 is 1.72. The van der Waals surface area contributed by atoms with Gasteiger partial charge >= 0.3 is 0 Å². The summed E-state index contributed by atoms with van der Waals surface area (Å²) < 4.78 is 13.6. The first-order chi connectivity index (χ1) is 16.4. The fraction of sp³-hybridized carbons (Fsp3) is 0.143. The average molecular weight is 471 g/mol. The summed E-state index contributed by atoms with van der Waals surface area (Å²) in [6.45, 7) is 4.14. The first-order valence-corrected chi connectivity index (χ1v) is 11.9. The smallest absolute Gasteiger partial charge is 0.258 e. The number of nitrogens with zero attached hydrogens (tertiary/aromatic N) is 1. The van der Waals surface area contributed by atoms with Gasteiger partial charge in [0, 0.05) is 33.8 Å². The van der Waals surface area contributed by atoms with E-state index in [2.05, 4.69) is 22.8 Å². The van der Waals surface area contributed by atoms with Gasteiger partial charge in [0.15, 0.2) is 0 Å². The Morgan fingerprint density at radius 3 is 2.56 bits per heavy atom. The molecule has 4 aromatic rings. The lowest BCUT2D eigenvalue weighted by Crippen LogP contribution is -2.31. The lowest BCUT2D eigenvalue weighted by molar-refractivity contribution is 0.0983. The van der Waals surface area contributed by atoms with E-state index in [9.17, 15) is 14.0 Å². The molecule has 0 atom stereocenters. The molecule has 2 amide bonds. The Bertz CT molecular complexity index is 1430. The number of para-hydroxylation sites is 1. The number of amides is 2. The zero-order valence-corrected chi connectivity index (χ0v) is 19.7. The molecule has 0 bridgehead atoms. The van der Waals surface area contributed by atoms with E-state index < -0.39 is 5.82 Å². The first-order valence-electron chi connectivity index (χ1n) is 11.0. The van der Waals surface area contributed by atoms with Crippen LogP contribution in [-0.4, -0.2) is 11.8 Å². The molecule has 0 unspecified atom stereocenters. The highest BCUT2D eigenvalue weighted by Crippen LogP contribution is 2.34. The minimum absolute atomic E-state index is 0.0807. The number of fused-ring (bicyclic) bond motifs is 2. The SMILES string of the molecule is Cc1ccc(F)cc1C(=O)Nc1ccc(C(=O)N2Cc3ccsc3Cc3ccccc32)c(C)c1. The minimum atomic E-state index is -0.459. The number of thiophene rings is 1. The second-order valence-corrected chi connectivity index (χ2v) is 9.51. The van der Waals surface area contributed by atoms with Gasteiger partial charge in [-0.1, -0.05) is 24.3 Å². The van der Waals surface area contributed by atoms with Gasteiger partial charge in [0.05, 0.1) is 6.54 Å². The maximum Gasteiger partial charge on any atom is 0.258 e. The summed E-state index contributed by atoms with van der Waals surface area (Å²) in [5, 5.41) is 4.89. The van der Waals surface area contributed by atoms with Crippen LogP contribution >= 0.6 is 11.3 Å². The molecule has 5 rings (SSSR count). The predicted octanol–water partition coefficient (Wildman–Crippen LogP) is 6.51. The van der Waals surface area contributed by atoms with Crippen molar-refractivity contribution in [2.24, 2.45) is 0 Å². The second kappa shape index (κ2) is 8.88. The number of carbonyl (C=O) groups is 2. The second-order valence-electron chi connectivity index (χ2n) is 8.51. The van der Waals surface area contributed by atoms with Gasteiger partial charge < -0.3 is 10.2 Å². The summed E-state index contributed by atoms with van der Waals surface area (Å²) in [6.07, 6.45) is 0.816. The number of rotatable bonds is 3. The Morgan fingerprint density at radius 1 is 0.912 bits per heavy atom. The van der Waals surface area contributed by atoms with Crippen LogP contribution in [0.5, 0.6) is 0 Å². The summed E-state index contributed by atoms with van der Waals surface area (Å²) in [7, 11) is 0. The molecular weight excluding hydrogens is 447 g/mol. The first kappa shape index (κ1) is 22.0. The van der Waals surface area contributed by atoms with Crippen LogP contribution in [0, 0.1) is 19.7 Å². The molecule has 2 heterocycles. The molecule has 3 aromatic carbocycles. The average Bonchev–Trinajstić information content (AvgIpc) is 3.19. The highest BCUT2D eigenvalue weighted by atomic mass is 32.1. The van der Waals surface area contributed by atoms with Crippen molar-refractivity contribution in [3.63, 3.8) is 0 Å². The summed E-state index contributed by atoms with van der Waals surface area (Å²) in [4.78, 5) is 29.5. The lowest BCUT2D eigenvalue weighted by Gasteiger charge is -2.24. The van der Waals surface area contributed by atoms with E-state index in [0.717, 1.165) is 23.2 Å². The van der Waals surface area contributed by atoms with E-state index >= 15 is 0 Å². The Labute approximate surface area is 201 Å². The molecular formula is C28H23FN2O2S. The number of carbonyl (C=O) groups excluding carboxylic acids is 2. The number of hydrogen-bond acceptors (Lipinski definition) is 3. The molecule has 0 fully saturated rings. The van der Waals surface area contributed by atoms with Crippen molar-refractivity contribution in [1.82, 2.24) is 0 Å². The minimum Gasteiger partial charge on any atom is -0.322 e. The van der Waals surface area contributed by atoms with Crippen molar-refractivity contribution in [2.75, 3.05) is 10.2 Å². The van der Waals surface area contributed by atoms with E-state index in [1.165, 1.54) is 22.6 Å². The number of aryl methyl sites for hydroxylation is 2. The van der Waals surface area contributed by atoms with Crippen LogP contribution in [0.4, 0.5) is 15.8 Å². The van der Waals surface area contributed by atoms with Crippen molar-refractivity contribution < 1.29 is 14.0 Å². The molecule has 1 aromatic heterocycles. The zero-order valence-electron chi connectivity index (χ0n) is 18.9. The largest absolute Gasteiger partial charge is 0.322 e. The Balaban J connectivity index is 1.43. The maximum atomic E-state index is 13.7. The van der Waals surface area contributed by atoms with Gasteiger partial charge in [-0.25, -0.2) is 4.39 Å². The molecule has 0 spiro atoms. The van der Waals surface area contributed by atoms with Gasteiger partial charge in [-0.15, -0.1) is 11.3 Å². The van der Waals surface area contributed by atoms with Crippen LogP contribution in [0.15, 0.2) is 72.1 Å². The number of benzene rings is 3. The van der Waals surface area contributed by atoms with Gasteiger partial charge in [-0.05, 0) is 83.9 Å². The van der Waals surface area contributed by atoms with Crippen molar-refractivity contribution in [2.45, 2.75) is 26.8 Å². The summed E-state index contributed by atoms with van der Waals surface area (Å²) in [6, 6.07) is 19.5. The molecule has 170 valence electrons. The highest BCUT2D eigenvalue weighted by Gasteiger charge is 2.26. The molecule has 1 aliphatic heterocycles. The third-order valence-corrected chi connectivity index (χ3v) is 7.17. The zero-order chi connectivity index (χ0) is 23.8. The quantitative estimate of drug-likeness (QED) is 0.371. The van der Waals surface area contributed by atoms with Crippen molar-refractivity contribution in [1.29, 1.82) is 0 Å². The van der Waals surface area contributed by atoms with Crippen LogP contribution in [-0.2, 0) is 13.0 Å². The van der Waals surface area contributed by atoms with Gasteiger partial charge in [0.25, 0.3) is 11.8 Å². The van der Waals surface area contributed by atoms with Crippen molar-refractivity contribution in [3.8, 4) is 0 Å². The van der Waals surface area contributed by atoms with E-state index in [-0.39, 0.29) is 17.4 Å². The third-order valence-electron chi connectivity index (χ3n) is 6.20.